The topological polar surface area (TPSA) is 137 Å². The number of anilines is 1. The van der Waals surface area contributed by atoms with Crippen LogP contribution in [0.3, 0.4) is 0 Å². The molecule has 3 aromatic carbocycles. The van der Waals surface area contributed by atoms with Crippen molar-refractivity contribution in [3.63, 3.8) is 0 Å². The lowest BCUT2D eigenvalue weighted by Gasteiger charge is -2.26. The van der Waals surface area contributed by atoms with Gasteiger partial charge in [0.2, 0.25) is 0 Å². The van der Waals surface area contributed by atoms with Crippen molar-refractivity contribution in [3.8, 4) is 17.1 Å². The summed E-state index contributed by atoms with van der Waals surface area (Å²) in [5.41, 5.74) is 2.13. The average Bonchev–Trinajstić information content (AvgIpc) is 3.66. The van der Waals surface area contributed by atoms with Gasteiger partial charge in [-0.2, -0.15) is 0 Å². The Bertz CT molecular complexity index is 1850. The highest BCUT2D eigenvalue weighted by Gasteiger charge is 2.42. The number of non-ortho nitro benzene ring substituents is 2. The van der Waals surface area contributed by atoms with Crippen LogP contribution < -0.4 is 15.0 Å². The van der Waals surface area contributed by atoms with E-state index >= 15 is 0 Å². The van der Waals surface area contributed by atoms with Crippen LogP contribution in [0.4, 0.5) is 17.1 Å². The van der Waals surface area contributed by atoms with Gasteiger partial charge in [0.05, 0.1) is 40.3 Å². The van der Waals surface area contributed by atoms with Crippen LogP contribution in [-0.2, 0) is 0 Å². The van der Waals surface area contributed by atoms with E-state index in [-0.39, 0.29) is 17.4 Å². The summed E-state index contributed by atoms with van der Waals surface area (Å²) >= 11 is 7.32. The summed E-state index contributed by atoms with van der Waals surface area (Å²) in [5, 5.41) is 26.2. The third kappa shape index (κ3) is 5.70. The Hall–Kier alpha value is -5.27. The molecule has 1 fully saturated rings. The number of benzene rings is 3. The van der Waals surface area contributed by atoms with Crippen molar-refractivity contribution in [2.75, 3.05) is 12.0 Å². The standard InChI is InChI=1S/C31H23N5O6S2/c1-41-28-18-21(36(39)40)9-14-24(28)26-15-16-27(42-26)30-29(25-4-2-3-17-32-25)33-31(43)34(30)19-5-10-22(11-6-19)44-23-12-7-20(8-13-23)35(37)38/h2-18,29-30H,1H3,(H,33,43)/t29-,30+/m0/s1. The first-order chi connectivity index (χ1) is 21.3. The molecule has 0 aliphatic carbocycles. The van der Waals surface area contributed by atoms with Crippen LogP contribution in [0.5, 0.6) is 5.75 Å². The Balaban J connectivity index is 1.33. The predicted octanol–water partition coefficient (Wildman–Crippen LogP) is 7.49. The molecule has 5 aromatic rings. The zero-order valence-corrected chi connectivity index (χ0v) is 24.7. The van der Waals surface area contributed by atoms with E-state index in [1.54, 1.807) is 30.5 Å². The molecule has 0 bridgehead atoms. The van der Waals surface area contributed by atoms with Crippen LogP contribution in [0.2, 0.25) is 0 Å². The number of nitro benzene ring substituents is 2. The third-order valence-electron chi connectivity index (χ3n) is 7.08. The summed E-state index contributed by atoms with van der Waals surface area (Å²) in [4.78, 5) is 29.7. The Morgan fingerprint density at radius 1 is 0.909 bits per heavy atom. The smallest absolute Gasteiger partial charge is 0.273 e. The number of aromatic nitrogens is 1. The highest BCUT2D eigenvalue weighted by Crippen LogP contribution is 2.44. The highest BCUT2D eigenvalue weighted by molar-refractivity contribution is 7.99. The van der Waals surface area contributed by atoms with Gasteiger partial charge in [-0.25, -0.2) is 0 Å². The summed E-state index contributed by atoms with van der Waals surface area (Å²) in [7, 11) is 1.45. The van der Waals surface area contributed by atoms with Crippen molar-refractivity contribution in [1.82, 2.24) is 10.3 Å². The second-order valence-electron chi connectivity index (χ2n) is 9.69. The van der Waals surface area contributed by atoms with E-state index in [4.69, 9.17) is 21.4 Å². The molecule has 1 N–H and O–H groups in total. The first kappa shape index (κ1) is 28.8. The fourth-order valence-electron chi connectivity index (χ4n) is 5.02. The van der Waals surface area contributed by atoms with Gasteiger partial charge in [0.25, 0.3) is 11.4 Å². The molecule has 11 nitrogen and oxygen atoms in total. The molecule has 0 unspecified atom stereocenters. The van der Waals surface area contributed by atoms with E-state index in [1.165, 1.54) is 43.1 Å². The number of ether oxygens (including phenoxy) is 1. The van der Waals surface area contributed by atoms with Gasteiger partial charge in [-0.15, -0.1) is 0 Å². The fourth-order valence-corrected chi connectivity index (χ4v) is 6.18. The quantitative estimate of drug-likeness (QED) is 0.0990. The minimum absolute atomic E-state index is 0.0429. The Labute approximate surface area is 260 Å². The number of nitrogens with one attached hydrogen (secondary N) is 1. The summed E-state index contributed by atoms with van der Waals surface area (Å²) in [5.74, 6) is 1.41. The SMILES string of the molecule is COc1cc([N+](=O)[O-])ccc1-c1ccc([C@@H]2[C@H](c3ccccn3)NC(=S)N2c2ccc(Sc3ccc([N+](=O)[O-])cc3)cc2)o1. The molecule has 1 saturated heterocycles. The van der Waals surface area contributed by atoms with E-state index in [2.05, 4.69) is 10.3 Å². The van der Waals surface area contributed by atoms with E-state index in [0.29, 0.717) is 27.9 Å². The first-order valence-electron chi connectivity index (χ1n) is 13.3. The molecular weight excluding hydrogens is 603 g/mol. The maximum Gasteiger partial charge on any atom is 0.273 e. The van der Waals surface area contributed by atoms with E-state index in [1.807, 2.05) is 53.4 Å². The van der Waals surface area contributed by atoms with Gasteiger partial charge in [-0.05, 0) is 78.9 Å². The second-order valence-corrected chi connectivity index (χ2v) is 11.2. The van der Waals surface area contributed by atoms with Crippen LogP contribution >= 0.6 is 24.0 Å². The number of methoxy groups -OCH3 is 1. The van der Waals surface area contributed by atoms with Crippen molar-refractivity contribution >= 4 is 46.2 Å². The summed E-state index contributed by atoms with van der Waals surface area (Å²) in [6.07, 6.45) is 1.72. The van der Waals surface area contributed by atoms with Gasteiger partial charge in [0.15, 0.2) is 5.11 Å². The van der Waals surface area contributed by atoms with Gasteiger partial charge in [-0.3, -0.25) is 25.2 Å². The molecule has 0 saturated carbocycles. The van der Waals surface area contributed by atoms with Gasteiger partial charge >= 0.3 is 0 Å². The fraction of sp³-hybridized carbons (Fsp3) is 0.0968. The van der Waals surface area contributed by atoms with E-state index in [0.717, 1.165) is 21.2 Å². The number of pyridine rings is 1. The van der Waals surface area contributed by atoms with Crippen molar-refractivity contribution in [2.45, 2.75) is 21.9 Å². The number of nitrogens with zero attached hydrogens (tertiary/aromatic N) is 4. The van der Waals surface area contributed by atoms with Gasteiger partial charge in [-0.1, -0.05) is 17.8 Å². The van der Waals surface area contributed by atoms with E-state index < -0.39 is 15.9 Å². The number of nitro groups is 2. The minimum Gasteiger partial charge on any atom is -0.496 e. The van der Waals surface area contributed by atoms with Crippen molar-refractivity contribution in [2.24, 2.45) is 0 Å². The monoisotopic (exact) mass is 625 g/mol. The summed E-state index contributed by atoms with van der Waals surface area (Å²) in [6.45, 7) is 0. The Morgan fingerprint density at radius 2 is 1.59 bits per heavy atom. The number of hydrogen-bond donors (Lipinski definition) is 1. The third-order valence-corrected chi connectivity index (χ3v) is 8.41. The van der Waals surface area contributed by atoms with Gasteiger partial charge in [0.1, 0.15) is 23.3 Å². The molecule has 1 aliphatic heterocycles. The Morgan fingerprint density at radius 3 is 2.23 bits per heavy atom. The maximum atomic E-state index is 11.3. The summed E-state index contributed by atoms with van der Waals surface area (Å²) in [6, 6.07) is 27.2. The molecule has 13 heteroatoms. The molecule has 0 radical (unpaired) electrons. The molecule has 44 heavy (non-hydrogen) atoms. The van der Waals surface area contributed by atoms with Gasteiger partial charge < -0.3 is 19.4 Å². The lowest BCUT2D eigenvalue weighted by molar-refractivity contribution is -0.385. The summed E-state index contributed by atoms with van der Waals surface area (Å²) < 4.78 is 11.8. The molecule has 1 aliphatic rings. The van der Waals surface area contributed by atoms with Crippen LogP contribution in [0.25, 0.3) is 11.3 Å². The van der Waals surface area contributed by atoms with Crippen molar-refractivity contribution < 1.29 is 19.0 Å². The van der Waals surface area contributed by atoms with Gasteiger partial charge in [0, 0.05) is 39.9 Å². The molecule has 0 spiro atoms. The second kappa shape index (κ2) is 12.1. The number of furan rings is 1. The number of thiocarbonyl (C=S) groups is 1. The molecule has 3 heterocycles. The molecule has 220 valence electrons. The molecular formula is C31H23N5O6S2. The zero-order chi connectivity index (χ0) is 30.8. The lowest BCUT2D eigenvalue weighted by Crippen LogP contribution is -2.29. The predicted molar refractivity (Wildman–Crippen MR) is 169 cm³/mol. The zero-order valence-electron chi connectivity index (χ0n) is 23.0. The molecule has 2 atom stereocenters. The molecule has 2 aromatic heterocycles. The molecule has 6 rings (SSSR count). The minimum atomic E-state index is -0.476. The van der Waals surface area contributed by atoms with Crippen LogP contribution in [-0.4, -0.2) is 27.1 Å². The maximum absolute atomic E-state index is 11.3. The molecule has 0 amide bonds. The normalized spacial score (nSPS) is 16.0. The van der Waals surface area contributed by atoms with Crippen molar-refractivity contribution in [1.29, 1.82) is 0 Å². The Kier molecular flexibility index (Phi) is 7.96. The van der Waals surface area contributed by atoms with Crippen LogP contribution in [0, 0.1) is 20.2 Å². The first-order valence-corrected chi connectivity index (χ1v) is 14.5. The average molecular weight is 626 g/mol. The van der Waals surface area contributed by atoms with Crippen molar-refractivity contribution in [3.05, 3.63) is 135 Å². The highest BCUT2D eigenvalue weighted by atomic mass is 32.2. The lowest BCUT2D eigenvalue weighted by atomic mass is 10.0. The number of hydrogen-bond acceptors (Lipinski definition) is 9. The van der Waals surface area contributed by atoms with Crippen LogP contribution in [0.15, 0.2) is 117 Å². The van der Waals surface area contributed by atoms with E-state index in [9.17, 15) is 20.2 Å². The van der Waals surface area contributed by atoms with Crippen LogP contribution in [0.1, 0.15) is 23.5 Å². The largest absolute Gasteiger partial charge is 0.496 e. The number of rotatable bonds is 9.